The van der Waals surface area contributed by atoms with E-state index in [0.29, 0.717) is 13.2 Å². The lowest BCUT2D eigenvalue weighted by Crippen LogP contribution is -2.36. The Morgan fingerprint density at radius 3 is 0.972 bits per heavy atom. The summed E-state index contributed by atoms with van der Waals surface area (Å²) in [4.78, 5) is 23.3. The van der Waals surface area contributed by atoms with Gasteiger partial charge in [-0.2, -0.15) is 0 Å². The average Bonchev–Trinajstić information content (AvgIpc) is 2.87. The maximum Gasteiger partial charge on any atom is 0.645 e. The molecule has 0 aliphatic carbocycles. The van der Waals surface area contributed by atoms with Crippen molar-refractivity contribution in [1.82, 2.24) is 0 Å². The van der Waals surface area contributed by atoms with E-state index in [4.69, 9.17) is 9.05 Å². The summed E-state index contributed by atoms with van der Waals surface area (Å²) in [6.07, 6.45) is 34.3. The highest BCUT2D eigenvalue weighted by Gasteiger charge is 2.55. The lowest BCUT2D eigenvalue weighted by molar-refractivity contribution is -0.0518. The molecule has 0 spiro atoms. The van der Waals surface area contributed by atoms with E-state index in [1.54, 1.807) is 0 Å². The molecule has 2 radical (unpaired) electrons. The van der Waals surface area contributed by atoms with Gasteiger partial charge in [0.25, 0.3) is 0 Å². The van der Waals surface area contributed by atoms with Gasteiger partial charge < -0.3 is 0 Å². The van der Waals surface area contributed by atoms with Crippen molar-refractivity contribution < 1.29 is 18.8 Å². The molecule has 0 amide bonds. The van der Waals surface area contributed by atoms with Crippen LogP contribution in [0.1, 0.15) is 181 Å². The zero-order chi connectivity index (χ0) is 26.2. The van der Waals surface area contributed by atoms with Crippen molar-refractivity contribution >= 4 is 8.17 Å². The summed E-state index contributed by atoms with van der Waals surface area (Å²) < 4.78 is 10.3. The average molecular weight is 530 g/mol. The number of hydrogen-bond donors (Lipinski definition) is 0. The van der Waals surface area contributed by atoms with E-state index in [9.17, 15) is 9.79 Å². The molecule has 214 valence electrons. The predicted molar refractivity (Wildman–Crippen MR) is 154 cm³/mol. The topological polar surface area (TPSA) is 58.3 Å². The molecule has 1 aliphatic heterocycles. The fourth-order valence-corrected chi connectivity index (χ4v) is 6.55. The third kappa shape index (κ3) is 19.4. The molecular weight excluding hydrogens is 467 g/mol. The Bertz CT molecular complexity index is 461. The molecule has 0 atom stereocenters. The van der Waals surface area contributed by atoms with Crippen molar-refractivity contribution in [2.24, 2.45) is 5.41 Å². The second kappa shape index (κ2) is 23.2. The van der Waals surface area contributed by atoms with Gasteiger partial charge in [0.05, 0.1) is 9.79 Å². The van der Waals surface area contributed by atoms with Gasteiger partial charge in [-0.1, -0.05) is 168 Å². The largest absolute Gasteiger partial charge is 0.645 e. The number of unbranched alkanes of at least 4 members (excludes halogenated alkanes) is 22. The highest BCUT2D eigenvalue weighted by atomic mass is 31.2. The minimum atomic E-state index is -4.06. The Hall–Kier alpha value is 0.270. The van der Waals surface area contributed by atoms with Gasteiger partial charge in [-0.25, -0.2) is 0 Å². The fourth-order valence-electron chi connectivity index (χ4n) is 5.61. The SMILES string of the molecule is CCCCCCCCCCCCCCCCC1(CCCCCCCCCCCC)CO[P+]([O])([O])OC1. The standard InChI is InChI=1S/C31H62O4P/c1-3-5-7-9-11-13-15-16-17-18-20-22-24-26-28-31(29-34-36(32,33)35-30-31)27-25-23-21-19-14-12-10-8-6-4-2/h3-30H2,1-2H3/q+1. The summed E-state index contributed by atoms with van der Waals surface area (Å²) in [5.41, 5.74) is -0.102. The first-order valence-electron chi connectivity index (χ1n) is 16.1. The van der Waals surface area contributed by atoms with Crippen molar-refractivity contribution in [3.63, 3.8) is 0 Å². The van der Waals surface area contributed by atoms with E-state index < -0.39 is 8.17 Å². The Morgan fingerprint density at radius 2 is 0.694 bits per heavy atom. The van der Waals surface area contributed by atoms with Gasteiger partial charge in [0.2, 0.25) is 0 Å². The van der Waals surface area contributed by atoms with Gasteiger partial charge in [-0.15, -0.1) is 9.05 Å². The first-order valence-corrected chi connectivity index (χ1v) is 17.6. The first-order chi connectivity index (χ1) is 17.5. The predicted octanol–water partition coefficient (Wildman–Crippen LogP) is 11.7. The van der Waals surface area contributed by atoms with E-state index >= 15 is 0 Å². The zero-order valence-corrected chi connectivity index (χ0v) is 25.3. The molecule has 0 aromatic rings. The maximum atomic E-state index is 11.7. The summed E-state index contributed by atoms with van der Waals surface area (Å²) in [5.74, 6) is 0. The van der Waals surface area contributed by atoms with E-state index in [1.165, 1.54) is 141 Å². The van der Waals surface area contributed by atoms with E-state index in [1.807, 2.05) is 0 Å². The molecule has 1 fully saturated rings. The van der Waals surface area contributed by atoms with Crippen molar-refractivity contribution in [2.45, 2.75) is 181 Å². The van der Waals surface area contributed by atoms with E-state index in [-0.39, 0.29) is 5.41 Å². The lowest BCUT2D eigenvalue weighted by Gasteiger charge is -2.34. The minimum Gasteiger partial charge on any atom is -0.149 e. The Kier molecular flexibility index (Phi) is 22.1. The Labute approximate surface area is 226 Å². The second-order valence-corrected chi connectivity index (χ2v) is 13.2. The van der Waals surface area contributed by atoms with Crippen molar-refractivity contribution in [1.29, 1.82) is 0 Å². The van der Waals surface area contributed by atoms with Crippen LogP contribution in [-0.4, -0.2) is 13.2 Å². The summed E-state index contributed by atoms with van der Waals surface area (Å²) in [6.45, 7) is 5.20. The molecule has 5 heteroatoms. The normalized spacial score (nSPS) is 17.0. The van der Waals surface area contributed by atoms with Crippen LogP contribution in [0.15, 0.2) is 0 Å². The Morgan fingerprint density at radius 1 is 0.444 bits per heavy atom. The first kappa shape index (κ1) is 34.3. The molecule has 1 heterocycles. The van der Waals surface area contributed by atoms with Crippen molar-refractivity contribution in [2.75, 3.05) is 13.2 Å². The van der Waals surface area contributed by atoms with Crippen LogP contribution >= 0.6 is 8.17 Å². The summed E-state index contributed by atoms with van der Waals surface area (Å²) in [6, 6.07) is 0. The molecule has 0 unspecified atom stereocenters. The van der Waals surface area contributed by atoms with Gasteiger partial charge in [-0.3, -0.25) is 0 Å². The van der Waals surface area contributed by atoms with Gasteiger partial charge in [0.1, 0.15) is 13.2 Å². The maximum absolute atomic E-state index is 11.7. The van der Waals surface area contributed by atoms with Crippen molar-refractivity contribution in [3.05, 3.63) is 0 Å². The lowest BCUT2D eigenvalue weighted by atomic mass is 9.79. The molecule has 1 rings (SSSR count). The summed E-state index contributed by atoms with van der Waals surface area (Å²) >= 11 is 0. The minimum absolute atomic E-state index is 0.102. The molecule has 36 heavy (non-hydrogen) atoms. The third-order valence-corrected chi connectivity index (χ3v) is 9.07. The molecule has 0 aromatic heterocycles. The van der Waals surface area contributed by atoms with Crippen LogP contribution in [0.3, 0.4) is 0 Å². The van der Waals surface area contributed by atoms with E-state index in [0.717, 1.165) is 25.7 Å². The quantitative estimate of drug-likeness (QED) is 0.0826. The monoisotopic (exact) mass is 529 g/mol. The highest BCUT2D eigenvalue weighted by molar-refractivity contribution is 7.53. The molecule has 0 saturated carbocycles. The molecule has 1 aliphatic rings. The van der Waals surface area contributed by atoms with Crippen LogP contribution in [0.25, 0.3) is 0 Å². The van der Waals surface area contributed by atoms with Crippen LogP contribution < -0.4 is 0 Å². The summed E-state index contributed by atoms with van der Waals surface area (Å²) in [7, 11) is -4.06. The molecular formula is C31H62O4P+. The molecule has 0 bridgehead atoms. The van der Waals surface area contributed by atoms with Crippen LogP contribution in [0.2, 0.25) is 0 Å². The zero-order valence-electron chi connectivity index (χ0n) is 24.4. The van der Waals surface area contributed by atoms with Crippen LogP contribution in [0, 0.1) is 5.41 Å². The van der Waals surface area contributed by atoms with Crippen LogP contribution in [0.5, 0.6) is 0 Å². The smallest absolute Gasteiger partial charge is 0.149 e. The highest BCUT2D eigenvalue weighted by Crippen LogP contribution is 2.60. The van der Waals surface area contributed by atoms with E-state index in [2.05, 4.69) is 13.8 Å². The van der Waals surface area contributed by atoms with Crippen molar-refractivity contribution in [3.8, 4) is 0 Å². The molecule has 4 nitrogen and oxygen atoms in total. The van der Waals surface area contributed by atoms with Crippen LogP contribution in [-0.2, 0) is 18.8 Å². The molecule has 1 saturated heterocycles. The Balaban J connectivity index is 2.08. The second-order valence-electron chi connectivity index (χ2n) is 11.8. The van der Waals surface area contributed by atoms with Gasteiger partial charge >= 0.3 is 8.17 Å². The molecule has 0 aromatic carbocycles. The third-order valence-electron chi connectivity index (χ3n) is 8.18. The summed E-state index contributed by atoms with van der Waals surface area (Å²) in [5, 5.41) is 0. The van der Waals surface area contributed by atoms with Gasteiger partial charge in [0.15, 0.2) is 0 Å². The van der Waals surface area contributed by atoms with Crippen LogP contribution in [0.4, 0.5) is 0 Å². The fraction of sp³-hybridized carbons (Fsp3) is 1.00. The van der Waals surface area contributed by atoms with Gasteiger partial charge in [-0.05, 0) is 12.8 Å². The number of hydrogen-bond acceptors (Lipinski definition) is 2. The number of rotatable bonds is 26. The molecule has 0 N–H and O–H groups in total. The van der Waals surface area contributed by atoms with Gasteiger partial charge in [0, 0.05) is 5.41 Å².